The van der Waals surface area contributed by atoms with Crippen LogP contribution in [0.2, 0.25) is 5.02 Å². The summed E-state index contributed by atoms with van der Waals surface area (Å²) in [7, 11) is -4.05. The Morgan fingerprint density at radius 3 is 2.67 bits per heavy atom. The second-order valence-electron chi connectivity index (χ2n) is 3.97. The number of carbonyl (C=O) groups is 1. The fraction of sp³-hybridized carbons (Fsp3) is 0.0833. The van der Waals surface area contributed by atoms with Gasteiger partial charge in [0.15, 0.2) is 0 Å². The van der Waals surface area contributed by atoms with Crippen LogP contribution in [0.4, 0.5) is 4.39 Å². The van der Waals surface area contributed by atoms with Crippen molar-refractivity contribution in [2.45, 2.75) is 11.4 Å². The fourth-order valence-electron chi connectivity index (χ4n) is 1.51. The zero-order valence-electron chi connectivity index (χ0n) is 10.3. The van der Waals surface area contributed by atoms with Gasteiger partial charge in [-0.15, -0.1) is 0 Å². The zero-order valence-corrected chi connectivity index (χ0v) is 11.9. The van der Waals surface area contributed by atoms with Crippen LogP contribution in [0.25, 0.3) is 0 Å². The van der Waals surface area contributed by atoms with Gasteiger partial charge in [-0.3, -0.25) is 0 Å². The van der Waals surface area contributed by atoms with Crippen LogP contribution < -0.4 is 4.72 Å². The molecule has 1 aromatic heterocycles. The molecule has 2 aromatic rings. The molecule has 112 valence electrons. The highest BCUT2D eigenvalue weighted by Crippen LogP contribution is 2.22. The molecule has 0 saturated carbocycles. The Hall–Kier alpha value is -1.90. The van der Waals surface area contributed by atoms with Crippen LogP contribution in [0.15, 0.2) is 39.6 Å². The van der Waals surface area contributed by atoms with E-state index in [9.17, 15) is 17.6 Å². The largest absolute Gasteiger partial charge is 0.475 e. The number of nitrogens with one attached hydrogen (secondary N) is 1. The first kappa shape index (κ1) is 15.5. The van der Waals surface area contributed by atoms with Gasteiger partial charge in [-0.05, 0) is 30.3 Å². The average molecular weight is 334 g/mol. The van der Waals surface area contributed by atoms with Gasteiger partial charge in [0.25, 0.3) is 0 Å². The van der Waals surface area contributed by atoms with E-state index in [0.717, 1.165) is 18.2 Å². The Kier molecular flexibility index (Phi) is 4.31. The van der Waals surface area contributed by atoms with Gasteiger partial charge in [-0.2, -0.15) is 0 Å². The number of aromatic carboxylic acids is 1. The monoisotopic (exact) mass is 333 g/mol. The smallest absolute Gasteiger partial charge is 0.371 e. The van der Waals surface area contributed by atoms with Gasteiger partial charge < -0.3 is 9.52 Å². The van der Waals surface area contributed by atoms with Gasteiger partial charge in [0.1, 0.15) is 16.5 Å². The number of hydrogen-bond acceptors (Lipinski definition) is 4. The van der Waals surface area contributed by atoms with E-state index in [1.54, 1.807) is 0 Å². The predicted molar refractivity (Wildman–Crippen MR) is 71.1 cm³/mol. The third kappa shape index (κ3) is 3.60. The van der Waals surface area contributed by atoms with Gasteiger partial charge in [0.05, 0.1) is 11.6 Å². The van der Waals surface area contributed by atoms with E-state index in [0.29, 0.717) is 0 Å². The minimum atomic E-state index is -4.05. The molecule has 1 heterocycles. The van der Waals surface area contributed by atoms with E-state index in [4.69, 9.17) is 21.1 Å². The quantitative estimate of drug-likeness (QED) is 0.874. The molecule has 0 fully saturated rings. The molecule has 0 aliphatic heterocycles. The lowest BCUT2D eigenvalue weighted by atomic mass is 10.3. The van der Waals surface area contributed by atoms with Crippen molar-refractivity contribution >= 4 is 27.6 Å². The summed E-state index contributed by atoms with van der Waals surface area (Å²) in [4.78, 5) is 10.2. The summed E-state index contributed by atoms with van der Waals surface area (Å²) >= 11 is 5.72. The van der Waals surface area contributed by atoms with E-state index in [-0.39, 0.29) is 23.1 Å². The molecule has 9 heteroatoms. The predicted octanol–water partition coefficient (Wildman–Crippen LogP) is 2.25. The standard InChI is InChI=1S/C12H9ClFNO5S/c13-9-3-1-7(14)5-11(9)21(18,19)15-6-8-2-4-10(20-8)12(16)17/h1-5,15H,6H2,(H,16,17). The number of carboxylic acid groups (broad SMARTS) is 1. The molecule has 0 saturated heterocycles. The summed E-state index contributed by atoms with van der Waals surface area (Å²) in [5.41, 5.74) is 0. The van der Waals surface area contributed by atoms with Crippen molar-refractivity contribution in [3.63, 3.8) is 0 Å². The topological polar surface area (TPSA) is 96.6 Å². The molecule has 6 nitrogen and oxygen atoms in total. The van der Waals surface area contributed by atoms with Crippen molar-refractivity contribution in [1.29, 1.82) is 0 Å². The van der Waals surface area contributed by atoms with Crippen LogP contribution in [-0.2, 0) is 16.6 Å². The number of hydrogen-bond donors (Lipinski definition) is 2. The average Bonchev–Trinajstić information content (AvgIpc) is 2.88. The summed E-state index contributed by atoms with van der Waals surface area (Å²) in [6.45, 7) is -0.289. The lowest BCUT2D eigenvalue weighted by Crippen LogP contribution is -2.23. The number of halogens is 2. The van der Waals surface area contributed by atoms with Crippen LogP contribution in [0.1, 0.15) is 16.3 Å². The summed E-state index contributed by atoms with van der Waals surface area (Å²) in [6, 6.07) is 5.46. The lowest BCUT2D eigenvalue weighted by molar-refractivity contribution is 0.0660. The number of carboxylic acids is 1. The van der Waals surface area contributed by atoms with E-state index in [2.05, 4.69) is 4.72 Å². The van der Waals surface area contributed by atoms with Gasteiger partial charge in [-0.25, -0.2) is 22.3 Å². The Balaban J connectivity index is 2.17. The van der Waals surface area contributed by atoms with E-state index in [1.807, 2.05) is 0 Å². The minimum absolute atomic E-state index is 0.100. The van der Waals surface area contributed by atoms with Crippen LogP contribution in [0.3, 0.4) is 0 Å². The Labute approximate surface area is 124 Å². The van der Waals surface area contributed by atoms with Crippen molar-refractivity contribution in [1.82, 2.24) is 4.72 Å². The highest BCUT2D eigenvalue weighted by atomic mass is 35.5. The molecule has 21 heavy (non-hydrogen) atoms. The second-order valence-corrected chi connectivity index (χ2v) is 6.11. The van der Waals surface area contributed by atoms with Crippen molar-refractivity contribution in [3.8, 4) is 0 Å². The van der Waals surface area contributed by atoms with Crippen molar-refractivity contribution in [2.24, 2.45) is 0 Å². The molecule has 0 radical (unpaired) electrons. The molecule has 0 spiro atoms. The number of rotatable bonds is 5. The summed E-state index contributed by atoms with van der Waals surface area (Å²) in [5, 5.41) is 8.55. The molecule has 0 atom stereocenters. The number of sulfonamides is 1. The van der Waals surface area contributed by atoms with Crippen molar-refractivity contribution < 1.29 is 27.1 Å². The van der Waals surface area contributed by atoms with E-state index >= 15 is 0 Å². The molecular weight excluding hydrogens is 325 g/mol. The second kappa shape index (κ2) is 5.84. The molecule has 0 unspecified atom stereocenters. The highest BCUT2D eigenvalue weighted by Gasteiger charge is 2.19. The molecule has 0 aliphatic carbocycles. The molecule has 2 N–H and O–H groups in total. The molecule has 2 rings (SSSR count). The molecule has 1 aromatic carbocycles. The van der Waals surface area contributed by atoms with Crippen LogP contribution in [-0.4, -0.2) is 19.5 Å². The first-order valence-electron chi connectivity index (χ1n) is 5.56. The van der Waals surface area contributed by atoms with Crippen LogP contribution in [0, 0.1) is 5.82 Å². The van der Waals surface area contributed by atoms with Crippen LogP contribution >= 0.6 is 11.6 Å². The first-order valence-corrected chi connectivity index (χ1v) is 7.42. The Morgan fingerprint density at radius 1 is 1.33 bits per heavy atom. The maximum Gasteiger partial charge on any atom is 0.371 e. The Bertz CT molecular complexity index is 787. The van der Waals surface area contributed by atoms with Crippen LogP contribution in [0.5, 0.6) is 0 Å². The first-order chi connectivity index (χ1) is 9.79. The lowest BCUT2D eigenvalue weighted by Gasteiger charge is -2.07. The van der Waals surface area contributed by atoms with Gasteiger partial charge in [0, 0.05) is 0 Å². The summed E-state index contributed by atoms with van der Waals surface area (Å²) < 4.78 is 44.1. The maximum atomic E-state index is 13.1. The SMILES string of the molecule is O=C(O)c1ccc(CNS(=O)(=O)c2cc(F)ccc2Cl)o1. The molecule has 0 amide bonds. The fourth-order valence-corrected chi connectivity index (χ4v) is 3.02. The van der Waals surface area contributed by atoms with Crippen molar-refractivity contribution in [3.05, 3.63) is 52.7 Å². The maximum absolute atomic E-state index is 13.1. The highest BCUT2D eigenvalue weighted by molar-refractivity contribution is 7.89. The number of furan rings is 1. The van der Waals surface area contributed by atoms with E-state index < -0.39 is 26.7 Å². The number of benzene rings is 1. The molecule has 0 aliphatic rings. The molecular formula is C12H9ClFNO5S. The normalized spacial score (nSPS) is 11.5. The Morgan fingerprint density at radius 2 is 2.05 bits per heavy atom. The minimum Gasteiger partial charge on any atom is -0.475 e. The van der Waals surface area contributed by atoms with Gasteiger partial charge >= 0.3 is 5.97 Å². The summed E-state index contributed by atoms with van der Waals surface area (Å²) in [5.74, 6) is -2.22. The van der Waals surface area contributed by atoms with Gasteiger partial charge in [0.2, 0.25) is 15.8 Å². The van der Waals surface area contributed by atoms with Crippen molar-refractivity contribution in [2.75, 3.05) is 0 Å². The van der Waals surface area contributed by atoms with Gasteiger partial charge in [-0.1, -0.05) is 11.6 Å². The zero-order chi connectivity index (χ0) is 15.6. The molecule has 0 bridgehead atoms. The third-order valence-electron chi connectivity index (χ3n) is 2.49. The summed E-state index contributed by atoms with van der Waals surface area (Å²) in [6.07, 6.45) is 0. The van der Waals surface area contributed by atoms with E-state index in [1.165, 1.54) is 12.1 Å². The third-order valence-corrected chi connectivity index (χ3v) is 4.37.